The maximum Gasteiger partial charge on any atom is 0.226 e. The van der Waals surface area contributed by atoms with Crippen LogP contribution in [-0.4, -0.2) is 40.1 Å². The third-order valence-corrected chi connectivity index (χ3v) is 3.58. The van der Waals surface area contributed by atoms with Crippen LogP contribution in [0.2, 0.25) is 0 Å². The minimum atomic E-state index is 0.139. The Kier molecular flexibility index (Phi) is 5.52. The van der Waals surface area contributed by atoms with Gasteiger partial charge in [-0.05, 0) is 25.7 Å². The average molecular weight is 280 g/mol. The predicted octanol–water partition coefficient (Wildman–Crippen LogP) is 1.29. The van der Waals surface area contributed by atoms with Crippen molar-refractivity contribution < 1.29 is 9.32 Å². The molecule has 1 aliphatic rings. The molecule has 1 aromatic rings. The zero-order valence-corrected chi connectivity index (χ0v) is 12.2. The van der Waals surface area contributed by atoms with Crippen molar-refractivity contribution in [2.75, 3.05) is 13.1 Å². The summed E-state index contributed by atoms with van der Waals surface area (Å²) in [6, 6.07) is 0.139. The Balaban J connectivity index is 1.70. The van der Waals surface area contributed by atoms with E-state index < -0.39 is 0 Å². The van der Waals surface area contributed by atoms with Crippen molar-refractivity contribution in [3.63, 3.8) is 0 Å². The topological polar surface area (TPSA) is 85.2 Å². The zero-order valence-electron chi connectivity index (χ0n) is 12.2. The van der Waals surface area contributed by atoms with Crippen molar-refractivity contribution >= 4 is 5.91 Å². The maximum atomic E-state index is 12.0. The molecule has 0 saturated carbocycles. The van der Waals surface area contributed by atoms with Gasteiger partial charge in [-0.15, -0.1) is 0 Å². The summed E-state index contributed by atoms with van der Waals surface area (Å²) in [6.07, 6.45) is 5.82. The van der Waals surface area contributed by atoms with Crippen LogP contribution in [0.3, 0.4) is 0 Å². The molecule has 6 heteroatoms. The summed E-state index contributed by atoms with van der Waals surface area (Å²) in [5.41, 5.74) is 5.89. The highest BCUT2D eigenvalue weighted by Crippen LogP contribution is 2.11. The summed E-state index contributed by atoms with van der Waals surface area (Å²) in [7, 11) is 0. The van der Waals surface area contributed by atoms with Crippen LogP contribution in [0.5, 0.6) is 0 Å². The largest absolute Gasteiger partial charge is 0.341 e. The molecule has 0 bridgehead atoms. The molecule has 1 amide bonds. The van der Waals surface area contributed by atoms with Crippen molar-refractivity contribution in [3.05, 3.63) is 11.7 Å². The second-order valence-electron chi connectivity index (χ2n) is 5.45. The molecule has 1 fully saturated rings. The van der Waals surface area contributed by atoms with Gasteiger partial charge in [0.2, 0.25) is 11.8 Å². The molecular formula is C14H24N4O2. The molecule has 2 heterocycles. The van der Waals surface area contributed by atoms with Gasteiger partial charge in [0.15, 0.2) is 5.82 Å². The Morgan fingerprint density at radius 3 is 3.10 bits per heavy atom. The van der Waals surface area contributed by atoms with Crippen molar-refractivity contribution in [3.8, 4) is 0 Å². The molecule has 0 aromatic carbocycles. The van der Waals surface area contributed by atoms with Gasteiger partial charge in [0, 0.05) is 38.4 Å². The smallest absolute Gasteiger partial charge is 0.226 e. The zero-order chi connectivity index (χ0) is 14.4. The Bertz CT molecular complexity index is 433. The number of nitrogens with zero attached hydrogens (tertiary/aromatic N) is 3. The van der Waals surface area contributed by atoms with Gasteiger partial charge in [0.1, 0.15) is 0 Å². The van der Waals surface area contributed by atoms with Crippen molar-refractivity contribution in [1.29, 1.82) is 0 Å². The fraction of sp³-hybridized carbons (Fsp3) is 0.786. The number of hydrogen-bond donors (Lipinski definition) is 1. The van der Waals surface area contributed by atoms with Crippen LogP contribution in [0.15, 0.2) is 4.52 Å². The van der Waals surface area contributed by atoms with E-state index >= 15 is 0 Å². The number of amides is 1. The van der Waals surface area contributed by atoms with E-state index in [4.69, 9.17) is 10.3 Å². The molecule has 0 aliphatic carbocycles. The van der Waals surface area contributed by atoms with Gasteiger partial charge in [-0.25, -0.2) is 0 Å². The maximum absolute atomic E-state index is 12.0. The van der Waals surface area contributed by atoms with Crippen LogP contribution in [0.4, 0.5) is 0 Å². The lowest BCUT2D eigenvalue weighted by Crippen LogP contribution is -2.45. The monoisotopic (exact) mass is 280 g/mol. The summed E-state index contributed by atoms with van der Waals surface area (Å²) in [5, 5.41) is 3.91. The third-order valence-electron chi connectivity index (χ3n) is 3.58. The van der Waals surface area contributed by atoms with Gasteiger partial charge in [0.05, 0.1) is 0 Å². The summed E-state index contributed by atoms with van der Waals surface area (Å²) >= 11 is 0. The van der Waals surface area contributed by atoms with Gasteiger partial charge in [-0.1, -0.05) is 12.1 Å². The van der Waals surface area contributed by atoms with Crippen molar-refractivity contribution in [1.82, 2.24) is 15.0 Å². The average Bonchev–Trinajstić information content (AvgIpc) is 2.87. The number of hydrogen-bond acceptors (Lipinski definition) is 5. The van der Waals surface area contributed by atoms with Gasteiger partial charge in [-0.3, -0.25) is 4.79 Å². The van der Waals surface area contributed by atoms with Gasteiger partial charge in [-0.2, -0.15) is 4.98 Å². The van der Waals surface area contributed by atoms with Crippen LogP contribution in [0, 0.1) is 0 Å². The van der Waals surface area contributed by atoms with Gasteiger partial charge >= 0.3 is 0 Å². The number of aromatic nitrogens is 2. The summed E-state index contributed by atoms with van der Waals surface area (Å²) in [4.78, 5) is 18.2. The Morgan fingerprint density at radius 1 is 1.50 bits per heavy atom. The van der Waals surface area contributed by atoms with E-state index in [2.05, 4.69) is 17.1 Å². The van der Waals surface area contributed by atoms with Crippen molar-refractivity contribution in [2.24, 2.45) is 5.73 Å². The first-order chi connectivity index (χ1) is 9.69. The van der Waals surface area contributed by atoms with E-state index in [1.807, 2.05) is 4.90 Å². The van der Waals surface area contributed by atoms with Gasteiger partial charge < -0.3 is 15.2 Å². The highest BCUT2D eigenvalue weighted by molar-refractivity contribution is 5.76. The molecule has 6 nitrogen and oxygen atoms in total. The van der Waals surface area contributed by atoms with Crippen LogP contribution in [0.1, 0.15) is 50.7 Å². The number of carbonyl (C=O) groups is 1. The summed E-state index contributed by atoms with van der Waals surface area (Å²) < 4.78 is 5.16. The number of nitrogens with two attached hydrogens (primary N) is 1. The molecule has 2 N–H and O–H groups in total. The molecule has 1 saturated heterocycles. The SMILES string of the molecule is CCCc1noc(CCCC(=O)N2CCCC(N)C2)n1. The first kappa shape index (κ1) is 15.0. The molecule has 1 unspecified atom stereocenters. The number of likely N-dealkylation sites (tertiary alicyclic amines) is 1. The molecule has 20 heavy (non-hydrogen) atoms. The lowest BCUT2D eigenvalue weighted by atomic mass is 10.1. The number of piperidine rings is 1. The highest BCUT2D eigenvalue weighted by Gasteiger charge is 2.20. The third kappa shape index (κ3) is 4.30. The number of aryl methyl sites for hydroxylation is 2. The van der Waals surface area contributed by atoms with Crippen LogP contribution >= 0.6 is 0 Å². The first-order valence-corrected chi connectivity index (χ1v) is 7.54. The Hall–Kier alpha value is -1.43. The molecule has 1 atom stereocenters. The van der Waals surface area contributed by atoms with Crippen LogP contribution < -0.4 is 5.73 Å². The highest BCUT2D eigenvalue weighted by atomic mass is 16.5. The molecule has 0 radical (unpaired) electrons. The van der Waals surface area contributed by atoms with Gasteiger partial charge in [0.25, 0.3) is 0 Å². The molecular weight excluding hydrogens is 256 g/mol. The standard InChI is InChI=1S/C14H24N4O2/c1-2-5-12-16-13(20-17-12)7-3-8-14(19)18-9-4-6-11(15)10-18/h11H,2-10,15H2,1H3. The minimum absolute atomic E-state index is 0.139. The lowest BCUT2D eigenvalue weighted by molar-refractivity contribution is -0.132. The second kappa shape index (κ2) is 7.38. The van der Waals surface area contributed by atoms with E-state index in [0.717, 1.165) is 44.5 Å². The fourth-order valence-electron chi connectivity index (χ4n) is 2.50. The van der Waals surface area contributed by atoms with Crippen LogP contribution in [0.25, 0.3) is 0 Å². The van der Waals surface area contributed by atoms with Crippen LogP contribution in [-0.2, 0) is 17.6 Å². The number of rotatable bonds is 6. The normalized spacial score (nSPS) is 19.3. The Labute approximate surface area is 119 Å². The Morgan fingerprint density at radius 2 is 2.35 bits per heavy atom. The molecule has 2 rings (SSSR count). The van der Waals surface area contributed by atoms with E-state index in [1.54, 1.807) is 0 Å². The molecule has 1 aromatic heterocycles. The predicted molar refractivity (Wildman–Crippen MR) is 75.0 cm³/mol. The summed E-state index contributed by atoms with van der Waals surface area (Å²) in [5.74, 6) is 1.58. The fourth-order valence-corrected chi connectivity index (χ4v) is 2.50. The first-order valence-electron chi connectivity index (χ1n) is 7.54. The minimum Gasteiger partial charge on any atom is -0.341 e. The molecule has 0 spiro atoms. The second-order valence-corrected chi connectivity index (χ2v) is 5.45. The number of carbonyl (C=O) groups excluding carboxylic acids is 1. The van der Waals surface area contributed by atoms with E-state index in [1.165, 1.54) is 0 Å². The van der Waals surface area contributed by atoms with E-state index in [-0.39, 0.29) is 11.9 Å². The van der Waals surface area contributed by atoms with E-state index in [0.29, 0.717) is 25.3 Å². The van der Waals surface area contributed by atoms with Crippen molar-refractivity contribution in [2.45, 2.75) is 57.9 Å². The molecule has 1 aliphatic heterocycles. The molecule has 112 valence electrons. The quantitative estimate of drug-likeness (QED) is 0.848. The lowest BCUT2D eigenvalue weighted by Gasteiger charge is -2.30. The summed E-state index contributed by atoms with van der Waals surface area (Å²) in [6.45, 7) is 3.62. The van der Waals surface area contributed by atoms with E-state index in [9.17, 15) is 4.79 Å².